The molecule has 2 bridgehead atoms. The summed E-state index contributed by atoms with van der Waals surface area (Å²) in [7, 11) is 0. The molecule has 90 valence electrons. The Kier molecular flexibility index (Phi) is 2.46. The highest BCUT2D eigenvalue weighted by atomic mass is 16.2. The molecule has 6 atom stereocenters. The van der Waals surface area contributed by atoms with Gasteiger partial charge >= 0.3 is 0 Å². The highest BCUT2D eigenvalue weighted by Gasteiger charge is 2.54. The summed E-state index contributed by atoms with van der Waals surface area (Å²) in [6.45, 7) is 1.76. The molecule has 3 fully saturated rings. The monoisotopic (exact) mass is 222 g/mol. The number of amides is 1. The molecule has 0 aromatic carbocycles. The second-order valence-electron chi connectivity index (χ2n) is 6.06. The van der Waals surface area contributed by atoms with Crippen LogP contribution >= 0.6 is 0 Å². The van der Waals surface area contributed by atoms with Crippen LogP contribution in [0.15, 0.2) is 0 Å². The van der Waals surface area contributed by atoms with E-state index in [0.717, 1.165) is 23.7 Å². The quantitative estimate of drug-likeness (QED) is 0.739. The zero-order chi connectivity index (χ0) is 11.3. The predicted octanol–water partition coefficient (Wildman–Crippen LogP) is 1.27. The van der Waals surface area contributed by atoms with Crippen LogP contribution in [0.5, 0.6) is 0 Å². The van der Waals surface area contributed by atoms with Crippen LogP contribution in [0.1, 0.15) is 39.0 Å². The summed E-state index contributed by atoms with van der Waals surface area (Å²) in [4.78, 5) is 11.6. The minimum Gasteiger partial charge on any atom is -0.352 e. The van der Waals surface area contributed by atoms with Gasteiger partial charge in [-0.1, -0.05) is 6.42 Å². The van der Waals surface area contributed by atoms with Gasteiger partial charge in [-0.05, 0) is 56.3 Å². The Hall–Kier alpha value is -0.570. The molecule has 3 N–H and O–H groups in total. The average molecular weight is 222 g/mol. The Balaban J connectivity index is 1.66. The van der Waals surface area contributed by atoms with Crippen molar-refractivity contribution in [2.24, 2.45) is 29.4 Å². The van der Waals surface area contributed by atoms with Gasteiger partial charge in [-0.3, -0.25) is 4.79 Å². The normalized spacial score (nSPS) is 46.8. The third kappa shape index (κ3) is 1.48. The number of carbonyl (C=O) groups is 1. The summed E-state index contributed by atoms with van der Waals surface area (Å²) in [6.07, 6.45) is 6.83. The average Bonchev–Trinajstić information content (AvgIpc) is 2.87. The highest BCUT2D eigenvalue weighted by Crippen LogP contribution is 2.58. The fraction of sp³-hybridized carbons (Fsp3) is 0.923. The molecule has 16 heavy (non-hydrogen) atoms. The van der Waals surface area contributed by atoms with Crippen LogP contribution in [0.3, 0.4) is 0 Å². The number of nitrogens with one attached hydrogen (secondary N) is 1. The number of hydrogen-bond donors (Lipinski definition) is 2. The topological polar surface area (TPSA) is 55.1 Å². The number of hydrogen-bond acceptors (Lipinski definition) is 2. The van der Waals surface area contributed by atoms with Crippen molar-refractivity contribution in [2.75, 3.05) is 0 Å². The molecule has 3 saturated carbocycles. The molecule has 1 amide bonds. The van der Waals surface area contributed by atoms with Crippen LogP contribution in [0, 0.1) is 23.7 Å². The van der Waals surface area contributed by atoms with Gasteiger partial charge in [0.05, 0.1) is 6.04 Å². The molecular formula is C13H22N2O. The predicted molar refractivity (Wildman–Crippen MR) is 62.6 cm³/mol. The van der Waals surface area contributed by atoms with Gasteiger partial charge in [0, 0.05) is 6.04 Å². The fourth-order valence-electron chi connectivity index (χ4n) is 4.55. The van der Waals surface area contributed by atoms with Crippen molar-refractivity contribution in [3.63, 3.8) is 0 Å². The smallest absolute Gasteiger partial charge is 0.236 e. The Morgan fingerprint density at radius 1 is 1.25 bits per heavy atom. The lowest BCUT2D eigenvalue weighted by molar-refractivity contribution is -0.123. The van der Waals surface area contributed by atoms with Gasteiger partial charge in [-0.2, -0.15) is 0 Å². The van der Waals surface area contributed by atoms with Crippen molar-refractivity contribution in [2.45, 2.75) is 51.1 Å². The molecule has 0 saturated heterocycles. The third-order valence-corrected chi connectivity index (χ3v) is 5.17. The van der Waals surface area contributed by atoms with Gasteiger partial charge in [-0.25, -0.2) is 0 Å². The first-order chi connectivity index (χ1) is 7.66. The highest BCUT2D eigenvalue weighted by molar-refractivity contribution is 5.81. The van der Waals surface area contributed by atoms with Crippen molar-refractivity contribution in [1.29, 1.82) is 0 Å². The molecule has 3 heteroatoms. The molecule has 3 aliphatic rings. The number of fused-ring (bicyclic) bond motifs is 5. The molecule has 0 aromatic rings. The van der Waals surface area contributed by atoms with Gasteiger partial charge in [0.2, 0.25) is 5.91 Å². The molecule has 0 aromatic heterocycles. The molecule has 3 nitrogen and oxygen atoms in total. The zero-order valence-electron chi connectivity index (χ0n) is 9.99. The van der Waals surface area contributed by atoms with Crippen molar-refractivity contribution in [1.82, 2.24) is 5.32 Å². The molecule has 0 spiro atoms. The van der Waals surface area contributed by atoms with E-state index in [9.17, 15) is 4.79 Å². The van der Waals surface area contributed by atoms with Crippen molar-refractivity contribution in [3.8, 4) is 0 Å². The first-order valence-electron chi connectivity index (χ1n) is 6.72. The molecule has 0 aliphatic heterocycles. The Morgan fingerprint density at radius 2 is 2.00 bits per heavy atom. The second-order valence-corrected chi connectivity index (χ2v) is 6.06. The maximum absolute atomic E-state index is 11.6. The van der Waals surface area contributed by atoms with E-state index >= 15 is 0 Å². The number of nitrogens with two attached hydrogens (primary N) is 1. The molecule has 0 heterocycles. The van der Waals surface area contributed by atoms with Crippen molar-refractivity contribution >= 4 is 5.91 Å². The van der Waals surface area contributed by atoms with E-state index in [4.69, 9.17) is 5.73 Å². The van der Waals surface area contributed by atoms with E-state index in [2.05, 4.69) is 5.32 Å². The van der Waals surface area contributed by atoms with E-state index in [1.54, 1.807) is 6.92 Å². The summed E-state index contributed by atoms with van der Waals surface area (Å²) in [6, 6.07) is 0.0707. The Morgan fingerprint density at radius 3 is 2.75 bits per heavy atom. The first-order valence-corrected chi connectivity index (χ1v) is 6.72. The zero-order valence-corrected chi connectivity index (χ0v) is 9.99. The van der Waals surface area contributed by atoms with Gasteiger partial charge < -0.3 is 11.1 Å². The van der Waals surface area contributed by atoms with E-state index in [1.807, 2.05) is 0 Å². The summed E-state index contributed by atoms with van der Waals surface area (Å²) < 4.78 is 0. The summed E-state index contributed by atoms with van der Waals surface area (Å²) in [5.41, 5.74) is 5.61. The lowest BCUT2D eigenvalue weighted by atomic mass is 9.79. The van der Waals surface area contributed by atoms with Gasteiger partial charge in [0.1, 0.15) is 0 Å². The van der Waals surface area contributed by atoms with E-state index in [0.29, 0.717) is 6.04 Å². The molecule has 3 rings (SSSR count). The van der Waals surface area contributed by atoms with Crippen LogP contribution in [-0.2, 0) is 4.79 Å². The van der Waals surface area contributed by atoms with Gasteiger partial charge in [0.25, 0.3) is 0 Å². The number of carbonyl (C=O) groups excluding carboxylic acids is 1. The van der Waals surface area contributed by atoms with Crippen LogP contribution < -0.4 is 11.1 Å². The summed E-state index contributed by atoms with van der Waals surface area (Å²) >= 11 is 0. The van der Waals surface area contributed by atoms with Crippen LogP contribution in [0.4, 0.5) is 0 Å². The Labute approximate surface area is 97.2 Å². The van der Waals surface area contributed by atoms with Crippen LogP contribution in [-0.4, -0.2) is 18.0 Å². The van der Waals surface area contributed by atoms with Crippen molar-refractivity contribution < 1.29 is 4.79 Å². The fourth-order valence-corrected chi connectivity index (χ4v) is 4.55. The molecular weight excluding hydrogens is 200 g/mol. The summed E-state index contributed by atoms with van der Waals surface area (Å²) in [5.74, 6) is 3.61. The molecule has 3 aliphatic carbocycles. The van der Waals surface area contributed by atoms with Crippen LogP contribution in [0.25, 0.3) is 0 Å². The first kappa shape index (κ1) is 10.6. The summed E-state index contributed by atoms with van der Waals surface area (Å²) in [5, 5.41) is 3.16. The second kappa shape index (κ2) is 3.73. The largest absolute Gasteiger partial charge is 0.352 e. The molecule has 6 unspecified atom stereocenters. The van der Waals surface area contributed by atoms with E-state index in [-0.39, 0.29) is 11.9 Å². The molecule has 0 radical (unpaired) electrons. The van der Waals surface area contributed by atoms with Gasteiger partial charge in [0.15, 0.2) is 0 Å². The lowest BCUT2D eigenvalue weighted by Crippen LogP contribution is -2.47. The van der Waals surface area contributed by atoms with Gasteiger partial charge in [-0.15, -0.1) is 0 Å². The maximum atomic E-state index is 11.6. The van der Waals surface area contributed by atoms with E-state index < -0.39 is 0 Å². The maximum Gasteiger partial charge on any atom is 0.236 e. The number of rotatable bonds is 2. The third-order valence-electron chi connectivity index (χ3n) is 5.17. The SMILES string of the molecule is CC(N)C(=O)NC1CC2CC1C1CCCC21. The lowest BCUT2D eigenvalue weighted by Gasteiger charge is -2.32. The Bertz CT molecular complexity index is 302. The minimum atomic E-state index is -0.362. The van der Waals surface area contributed by atoms with E-state index in [1.165, 1.54) is 32.1 Å². The minimum absolute atomic E-state index is 0.0343. The standard InChI is InChI=1S/C13H22N2O/c1-7(14)13(16)15-12-6-8-5-11(12)10-4-2-3-9(8)10/h7-12H,2-6,14H2,1H3,(H,15,16). The van der Waals surface area contributed by atoms with Crippen LogP contribution in [0.2, 0.25) is 0 Å². The van der Waals surface area contributed by atoms with Crippen molar-refractivity contribution in [3.05, 3.63) is 0 Å².